The second kappa shape index (κ2) is 2.70. The first-order valence-corrected chi connectivity index (χ1v) is 6.45. The lowest BCUT2D eigenvalue weighted by Crippen LogP contribution is -2.48. The molecule has 13 heavy (non-hydrogen) atoms. The van der Waals surface area contributed by atoms with Gasteiger partial charge in [-0.25, -0.2) is 8.42 Å². The second-order valence-corrected chi connectivity index (χ2v) is 6.78. The van der Waals surface area contributed by atoms with Gasteiger partial charge in [0.05, 0.1) is 4.75 Å². The van der Waals surface area contributed by atoms with Crippen molar-refractivity contribution in [2.75, 3.05) is 6.54 Å². The molecule has 0 atom stereocenters. The highest BCUT2D eigenvalue weighted by atomic mass is 32.2. The van der Waals surface area contributed by atoms with Crippen LogP contribution in [0.25, 0.3) is 0 Å². The van der Waals surface area contributed by atoms with Crippen molar-refractivity contribution in [1.29, 1.82) is 0 Å². The van der Waals surface area contributed by atoms with Gasteiger partial charge in [0.2, 0.25) is 10.0 Å². The summed E-state index contributed by atoms with van der Waals surface area (Å²) in [4.78, 5) is 0. The summed E-state index contributed by atoms with van der Waals surface area (Å²) >= 11 is 0. The predicted octanol–water partition coefficient (Wildman–Crippen LogP) is 1.35. The SMILES string of the molecule is CC(C)N1CCCC2(CC2)S1(=O)=O. The molecule has 1 saturated carbocycles. The van der Waals surface area contributed by atoms with Crippen molar-refractivity contribution in [2.45, 2.75) is 50.3 Å². The van der Waals surface area contributed by atoms with Gasteiger partial charge in [-0.15, -0.1) is 0 Å². The fraction of sp³-hybridized carbons (Fsp3) is 1.00. The number of hydrogen-bond donors (Lipinski definition) is 0. The average molecular weight is 203 g/mol. The molecule has 1 aliphatic heterocycles. The van der Waals surface area contributed by atoms with E-state index < -0.39 is 10.0 Å². The second-order valence-electron chi connectivity index (χ2n) is 4.50. The van der Waals surface area contributed by atoms with E-state index in [1.165, 1.54) is 0 Å². The van der Waals surface area contributed by atoms with Gasteiger partial charge < -0.3 is 0 Å². The summed E-state index contributed by atoms with van der Waals surface area (Å²) < 4.78 is 25.5. The van der Waals surface area contributed by atoms with Gasteiger partial charge in [0.1, 0.15) is 0 Å². The first-order valence-electron chi connectivity index (χ1n) is 5.01. The van der Waals surface area contributed by atoms with Gasteiger partial charge in [0.25, 0.3) is 0 Å². The molecule has 1 spiro atoms. The molecule has 0 amide bonds. The Morgan fingerprint density at radius 3 is 2.31 bits per heavy atom. The molecule has 0 N–H and O–H groups in total. The van der Waals surface area contributed by atoms with Crippen LogP contribution in [-0.2, 0) is 10.0 Å². The first-order chi connectivity index (χ1) is 6.00. The maximum Gasteiger partial charge on any atom is 0.220 e. The number of sulfonamides is 1. The summed E-state index contributed by atoms with van der Waals surface area (Å²) in [7, 11) is -2.96. The Morgan fingerprint density at radius 2 is 1.85 bits per heavy atom. The lowest BCUT2D eigenvalue weighted by molar-refractivity contribution is 0.314. The molecule has 1 heterocycles. The van der Waals surface area contributed by atoms with E-state index in [2.05, 4.69) is 0 Å². The van der Waals surface area contributed by atoms with E-state index in [9.17, 15) is 8.42 Å². The topological polar surface area (TPSA) is 37.4 Å². The molecule has 0 radical (unpaired) electrons. The van der Waals surface area contributed by atoms with E-state index in [0.717, 1.165) is 32.2 Å². The van der Waals surface area contributed by atoms with Crippen LogP contribution in [0.1, 0.15) is 39.5 Å². The van der Waals surface area contributed by atoms with Crippen molar-refractivity contribution in [3.05, 3.63) is 0 Å². The molecule has 1 aliphatic carbocycles. The maximum absolute atomic E-state index is 12.1. The van der Waals surface area contributed by atoms with Gasteiger partial charge in [0.15, 0.2) is 0 Å². The molecule has 0 aromatic carbocycles. The highest BCUT2D eigenvalue weighted by Crippen LogP contribution is 2.51. The molecule has 0 bridgehead atoms. The number of rotatable bonds is 1. The van der Waals surface area contributed by atoms with E-state index in [1.807, 2.05) is 13.8 Å². The Bertz CT molecular complexity index is 304. The fourth-order valence-corrected chi connectivity index (χ4v) is 4.68. The van der Waals surface area contributed by atoms with Gasteiger partial charge in [-0.1, -0.05) is 0 Å². The summed E-state index contributed by atoms with van der Waals surface area (Å²) in [6.45, 7) is 4.64. The zero-order chi connectivity index (χ0) is 9.69. The van der Waals surface area contributed by atoms with Crippen LogP contribution >= 0.6 is 0 Å². The molecular weight excluding hydrogens is 186 g/mol. The highest BCUT2D eigenvalue weighted by molar-refractivity contribution is 7.90. The Labute approximate surface area is 80.2 Å². The monoisotopic (exact) mass is 203 g/mol. The third kappa shape index (κ3) is 1.22. The molecule has 3 nitrogen and oxygen atoms in total. The van der Waals surface area contributed by atoms with E-state index in [4.69, 9.17) is 0 Å². The molecule has 2 fully saturated rings. The normalized spacial score (nSPS) is 31.0. The lowest BCUT2D eigenvalue weighted by Gasteiger charge is -2.35. The van der Waals surface area contributed by atoms with Crippen molar-refractivity contribution < 1.29 is 8.42 Å². The third-order valence-corrected chi connectivity index (χ3v) is 6.18. The molecule has 76 valence electrons. The summed E-state index contributed by atoms with van der Waals surface area (Å²) in [5, 5.41) is 0. The summed E-state index contributed by atoms with van der Waals surface area (Å²) in [6, 6.07) is 0.128. The lowest BCUT2D eigenvalue weighted by atomic mass is 10.2. The van der Waals surface area contributed by atoms with Gasteiger partial charge >= 0.3 is 0 Å². The molecule has 4 heteroatoms. The van der Waals surface area contributed by atoms with Crippen LogP contribution < -0.4 is 0 Å². The van der Waals surface area contributed by atoms with Crippen molar-refractivity contribution in [3.8, 4) is 0 Å². The average Bonchev–Trinajstić information content (AvgIpc) is 2.76. The minimum absolute atomic E-state index is 0.128. The quantitative estimate of drug-likeness (QED) is 0.645. The van der Waals surface area contributed by atoms with Crippen LogP contribution in [0, 0.1) is 0 Å². The zero-order valence-electron chi connectivity index (χ0n) is 8.28. The molecule has 0 aromatic heterocycles. The predicted molar refractivity (Wildman–Crippen MR) is 52.0 cm³/mol. The van der Waals surface area contributed by atoms with E-state index in [0.29, 0.717) is 0 Å². The van der Waals surface area contributed by atoms with Crippen LogP contribution in [0.15, 0.2) is 0 Å². The summed E-state index contributed by atoms with van der Waals surface area (Å²) in [5.41, 5.74) is 0. The Morgan fingerprint density at radius 1 is 1.23 bits per heavy atom. The van der Waals surface area contributed by atoms with Crippen molar-refractivity contribution in [2.24, 2.45) is 0 Å². The summed E-state index contributed by atoms with van der Waals surface area (Å²) in [6.07, 6.45) is 3.70. The van der Waals surface area contributed by atoms with Crippen molar-refractivity contribution in [1.82, 2.24) is 4.31 Å². The van der Waals surface area contributed by atoms with Gasteiger partial charge in [-0.3, -0.25) is 0 Å². The van der Waals surface area contributed by atoms with Crippen molar-refractivity contribution >= 4 is 10.0 Å². The molecule has 2 rings (SSSR count). The van der Waals surface area contributed by atoms with Gasteiger partial charge in [-0.2, -0.15) is 4.31 Å². The number of hydrogen-bond acceptors (Lipinski definition) is 2. The van der Waals surface area contributed by atoms with E-state index in [-0.39, 0.29) is 10.8 Å². The fourth-order valence-electron chi connectivity index (χ4n) is 2.24. The first kappa shape index (κ1) is 9.46. The van der Waals surface area contributed by atoms with E-state index >= 15 is 0 Å². The van der Waals surface area contributed by atoms with Crippen LogP contribution in [0.5, 0.6) is 0 Å². The Hall–Kier alpha value is -0.0900. The number of nitrogens with zero attached hydrogens (tertiary/aromatic N) is 1. The van der Waals surface area contributed by atoms with Gasteiger partial charge in [-0.05, 0) is 39.5 Å². The van der Waals surface area contributed by atoms with Gasteiger partial charge in [0, 0.05) is 12.6 Å². The molecule has 0 aromatic rings. The smallest absolute Gasteiger partial charge is 0.212 e. The van der Waals surface area contributed by atoms with Crippen molar-refractivity contribution in [3.63, 3.8) is 0 Å². The Kier molecular flexibility index (Phi) is 1.97. The molecule has 2 aliphatic rings. The maximum atomic E-state index is 12.1. The van der Waals surface area contributed by atoms with Crippen LogP contribution in [0.4, 0.5) is 0 Å². The minimum Gasteiger partial charge on any atom is -0.212 e. The van der Waals surface area contributed by atoms with E-state index in [1.54, 1.807) is 4.31 Å². The molecular formula is C9H17NO2S. The molecule has 1 saturated heterocycles. The standard InChI is InChI=1S/C9H17NO2S/c1-8(2)10-7-3-4-9(5-6-9)13(10,11)12/h8H,3-7H2,1-2H3. The highest BCUT2D eigenvalue weighted by Gasteiger charge is 2.58. The Balaban J connectivity index is 2.31. The molecule has 0 unspecified atom stereocenters. The van der Waals surface area contributed by atoms with Crippen LogP contribution in [0.2, 0.25) is 0 Å². The minimum atomic E-state index is -2.96. The largest absolute Gasteiger partial charge is 0.220 e. The van der Waals surface area contributed by atoms with Crippen LogP contribution in [0.3, 0.4) is 0 Å². The zero-order valence-corrected chi connectivity index (χ0v) is 9.10. The summed E-state index contributed by atoms with van der Waals surface area (Å²) in [5.74, 6) is 0. The van der Waals surface area contributed by atoms with Crippen LogP contribution in [-0.4, -0.2) is 30.1 Å². The third-order valence-electron chi connectivity index (χ3n) is 3.25.